The van der Waals surface area contributed by atoms with Crippen molar-refractivity contribution in [3.8, 4) is 0 Å². The van der Waals surface area contributed by atoms with Crippen LogP contribution < -0.4 is 0 Å². The second kappa shape index (κ2) is 6.72. The molecule has 0 spiro atoms. The van der Waals surface area contributed by atoms with Crippen molar-refractivity contribution in [1.82, 2.24) is 14.9 Å². The fraction of sp³-hybridized carbons (Fsp3) is 0.312. The first kappa shape index (κ1) is 14.1. The highest BCUT2D eigenvalue weighted by Gasteiger charge is 2.30. The fourth-order valence-electron chi connectivity index (χ4n) is 2.61. The maximum atomic E-state index is 12.5. The van der Waals surface area contributed by atoms with Gasteiger partial charge in [0, 0.05) is 30.0 Å². The quantitative estimate of drug-likeness (QED) is 0.814. The molecular formula is C16H17N3OS. The average molecular weight is 299 g/mol. The van der Waals surface area contributed by atoms with Gasteiger partial charge < -0.3 is 4.90 Å². The first-order valence-corrected chi connectivity index (χ1v) is 8.06. The SMILES string of the molecule is O=C(CSc1ccncc1)N1CCC[C@H]1c1ccccn1. The van der Waals surface area contributed by atoms with Gasteiger partial charge in [0.05, 0.1) is 17.5 Å². The summed E-state index contributed by atoms with van der Waals surface area (Å²) in [6.07, 6.45) is 7.34. The molecule has 0 aromatic carbocycles. The fourth-order valence-corrected chi connectivity index (χ4v) is 3.38. The van der Waals surface area contributed by atoms with E-state index in [0.717, 1.165) is 30.0 Å². The van der Waals surface area contributed by atoms with Crippen LogP contribution in [0.5, 0.6) is 0 Å². The lowest BCUT2D eigenvalue weighted by Crippen LogP contribution is -2.32. The number of aromatic nitrogens is 2. The van der Waals surface area contributed by atoms with Crippen LogP contribution in [0.1, 0.15) is 24.6 Å². The van der Waals surface area contributed by atoms with E-state index in [4.69, 9.17) is 0 Å². The number of amides is 1. The molecule has 0 aliphatic carbocycles. The Kier molecular flexibility index (Phi) is 4.50. The Morgan fingerprint density at radius 1 is 1.24 bits per heavy atom. The number of carbonyl (C=O) groups excluding carboxylic acids is 1. The molecule has 0 unspecified atom stereocenters. The summed E-state index contributed by atoms with van der Waals surface area (Å²) in [4.78, 5) is 23.9. The Labute approximate surface area is 128 Å². The molecule has 3 rings (SSSR count). The van der Waals surface area contributed by atoms with E-state index in [1.165, 1.54) is 0 Å². The number of likely N-dealkylation sites (tertiary alicyclic amines) is 1. The van der Waals surface area contributed by atoms with E-state index < -0.39 is 0 Å². The average Bonchev–Trinajstić information content (AvgIpc) is 3.04. The minimum Gasteiger partial charge on any atom is -0.333 e. The van der Waals surface area contributed by atoms with Gasteiger partial charge in [-0.15, -0.1) is 11.8 Å². The summed E-state index contributed by atoms with van der Waals surface area (Å²) in [7, 11) is 0. The van der Waals surface area contributed by atoms with E-state index in [0.29, 0.717) is 5.75 Å². The monoisotopic (exact) mass is 299 g/mol. The van der Waals surface area contributed by atoms with E-state index in [1.54, 1.807) is 30.4 Å². The van der Waals surface area contributed by atoms with Crippen LogP contribution in [0.4, 0.5) is 0 Å². The van der Waals surface area contributed by atoms with Gasteiger partial charge >= 0.3 is 0 Å². The molecule has 2 aromatic heterocycles. The molecule has 5 heteroatoms. The van der Waals surface area contributed by atoms with Crippen molar-refractivity contribution in [3.05, 3.63) is 54.6 Å². The van der Waals surface area contributed by atoms with E-state index >= 15 is 0 Å². The van der Waals surface area contributed by atoms with E-state index in [2.05, 4.69) is 9.97 Å². The number of hydrogen-bond acceptors (Lipinski definition) is 4. The highest BCUT2D eigenvalue weighted by molar-refractivity contribution is 8.00. The molecule has 4 nitrogen and oxygen atoms in total. The van der Waals surface area contributed by atoms with Gasteiger partial charge in [-0.3, -0.25) is 14.8 Å². The van der Waals surface area contributed by atoms with Crippen LogP contribution in [-0.4, -0.2) is 33.1 Å². The number of hydrogen-bond donors (Lipinski definition) is 0. The van der Waals surface area contributed by atoms with Gasteiger partial charge in [0.25, 0.3) is 0 Å². The number of pyridine rings is 2. The van der Waals surface area contributed by atoms with Gasteiger partial charge in [-0.2, -0.15) is 0 Å². The van der Waals surface area contributed by atoms with Crippen molar-refractivity contribution in [1.29, 1.82) is 0 Å². The summed E-state index contributed by atoms with van der Waals surface area (Å²) in [6, 6.07) is 9.89. The second-order valence-corrected chi connectivity index (χ2v) is 6.02. The minimum absolute atomic E-state index is 0.136. The van der Waals surface area contributed by atoms with E-state index in [1.807, 2.05) is 35.2 Å². The lowest BCUT2D eigenvalue weighted by molar-refractivity contribution is -0.129. The van der Waals surface area contributed by atoms with Crippen LogP contribution in [0.3, 0.4) is 0 Å². The Morgan fingerprint density at radius 3 is 2.86 bits per heavy atom. The standard InChI is InChI=1S/C16H17N3OS/c20-16(12-21-13-6-9-17-10-7-13)19-11-3-5-15(19)14-4-1-2-8-18-14/h1-2,4,6-10,15H,3,5,11-12H2/t15-/m0/s1. The summed E-state index contributed by atoms with van der Waals surface area (Å²) < 4.78 is 0. The van der Waals surface area contributed by atoms with Crippen LogP contribution in [-0.2, 0) is 4.79 Å². The van der Waals surface area contributed by atoms with Gasteiger partial charge in [-0.25, -0.2) is 0 Å². The van der Waals surface area contributed by atoms with E-state index in [9.17, 15) is 4.79 Å². The topological polar surface area (TPSA) is 46.1 Å². The number of carbonyl (C=O) groups is 1. The second-order valence-electron chi connectivity index (χ2n) is 4.97. The first-order valence-electron chi connectivity index (χ1n) is 7.08. The normalized spacial score (nSPS) is 17.9. The van der Waals surface area contributed by atoms with Crippen LogP contribution in [0.25, 0.3) is 0 Å². The molecule has 21 heavy (non-hydrogen) atoms. The third-order valence-electron chi connectivity index (χ3n) is 3.61. The highest BCUT2D eigenvalue weighted by atomic mass is 32.2. The smallest absolute Gasteiger partial charge is 0.233 e. The van der Waals surface area contributed by atoms with Crippen molar-refractivity contribution in [2.75, 3.05) is 12.3 Å². The lowest BCUT2D eigenvalue weighted by Gasteiger charge is -2.24. The maximum absolute atomic E-state index is 12.5. The van der Waals surface area contributed by atoms with Crippen LogP contribution in [0.2, 0.25) is 0 Å². The molecule has 1 fully saturated rings. The minimum atomic E-state index is 0.136. The molecule has 108 valence electrons. The highest BCUT2D eigenvalue weighted by Crippen LogP contribution is 2.31. The Balaban J connectivity index is 1.64. The van der Waals surface area contributed by atoms with Gasteiger partial charge in [-0.05, 0) is 37.1 Å². The molecule has 0 bridgehead atoms. The zero-order chi connectivity index (χ0) is 14.5. The third kappa shape index (κ3) is 3.42. The molecule has 0 N–H and O–H groups in total. The molecule has 1 amide bonds. The summed E-state index contributed by atoms with van der Waals surface area (Å²) in [5, 5.41) is 0. The number of rotatable bonds is 4. The molecule has 1 saturated heterocycles. The molecule has 1 aliphatic rings. The summed E-state index contributed by atoms with van der Waals surface area (Å²) in [5.74, 6) is 0.651. The molecule has 1 atom stereocenters. The summed E-state index contributed by atoms with van der Waals surface area (Å²) in [5.41, 5.74) is 0.997. The third-order valence-corrected chi connectivity index (χ3v) is 4.61. The predicted molar refractivity (Wildman–Crippen MR) is 82.9 cm³/mol. The van der Waals surface area contributed by atoms with Crippen molar-refractivity contribution in [2.45, 2.75) is 23.8 Å². The summed E-state index contributed by atoms with van der Waals surface area (Å²) in [6.45, 7) is 0.830. The maximum Gasteiger partial charge on any atom is 0.233 e. The van der Waals surface area contributed by atoms with Gasteiger partial charge in [0.2, 0.25) is 5.91 Å². The van der Waals surface area contributed by atoms with Crippen LogP contribution in [0.15, 0.2) is 53.8 Å². The lowest BCUT2D eigenvalue weighted by atomic mass is 10.1. The van der Waals surface area contributed by atoms with Crippen molar-refractivity contribution in [3.63, 3.8) is 0 Å². The molecule has 2 aromatic rings. The van der Waals surface area contributed by atoms with Crippen molar-refractivity contribution in [2.24, 2.45) is 0 Å². The number of nitrogens with zero attached hydrogens (tertiary/aromatic N) is 3. The predicted octanol–water partition coefficient (Wildman–Crippen LogP) is 2.93. The number of thioether (sulfide) groups is 1. The molecule has 0 saturated carbocycles. The summed E-state index contributed by atoms with van der Waals surface area (Å²) >= 11 is 1.56. The Morgan fingerprint density at radius 2 is 2.10 bits per heavy atom. The first-order chi connectivity index (χ1) is 10.3. The van der Waals surface area contributed by atoms with Crippen molar-refractivity contribution >= 4 is 17.7 Å². The van der Waals surface area contributed by atoms with Crippen LogP contribution >= 0.6 is 11.8 Å². The zero-order valence-corrected chi connectivity index (χ0v) is 12.5. The van der Waals surface area contributed by atoms with Gasteiger partial charge in [0.15, 0.2) is 0 Å². The zero-order valence-electron chi connectivity index (χ0n) is 11.7. The molecule has 1 aliphatic heterocycles. The van der Waals surface area contributed by atoms with Gasteiger partial charge in [-0.1, -0.05) is 6.07 Å². The van der Waals surface area contributed by atoms with Crippen molar-refractivity contribution < 1.29 is 4.79 Å². The largest absolute Gasteiger partial charge is 0.333 e. The molecule has 0 radical (unpaired) electrons. The van der Waals surface area contributed by atoms with Gasteiger partial charge in [0.1, 0.15) is 0 Å². The Hall–Kier alpha value is -1.88. The Bertz CT molecular complexity index is 591. The molecule has 3 heterocycles. The van der Waals surface area contributed by atoms with Crippen LogP contribution in [0, 0.1) is 0 Å². The molecular weight excluding hydrogens is 282 g/mol. The van der Waals surface area contributed by atoms with E-state index in [-0.39, 0.29) is 11.9 Å².